The molecule has 1 unspecified atom stereocenters. The van der Waals surface area contributed by atoms with E-state index in [1.807, 2.05) is 0 Å². The Labute approximate surface area is 123 Å². The number of likely N-dealkylation sites (tertiary alicyclic amines) is 1. The second kappa shape index (κ2) is 6.02. The molecule has 1 fully saturated rings. The third-order valence-corrected chi connectivity index (χ3v) is 4.27. The van der Waals surface area contributed by atoms with Gasteiger partial charge in [0, 0.05) is 25.1 Å². The number of nitrogens with zero attached hydrogens (tertiary/aromatic N) is 1. The highest BCUT2D eigenvalue weighted by Crippen LogP contribution is 2.30. The Morgan fingerprint density at radius 3 is 3.19 bits per heavy atom. The lowest BCUT2D eigenvalue weighted by Crippen LogP contribution is -2.43. The normalized spacial score (nSPS) is 25.2. The lowest BCUT2D eigenvalue weighted by atomic mass is 9.97. The van der Waals surface area contributed by atoms with E-state index in [0.717, 1.165) is 50.2 Å². The fraction of sp³-hybridized carbons (Fsp3) is 0.562. The number of piperidine rings is 1. The summed E-state index contributed by atoms with van der Waals surface area (Å²) in [5.41, 5.74) is 0.932. The first kappa shape index (κ1) is 14.3. The molecule has 3 rings (SSSR count). The van der Waals surface area contributed by atoms with Gasteiger partial charge < -0.3 is 9.47 Å². The van der Waals surface area contributed by atoms with Gasteiger partial charge in [-0.05, 0) is 37.6 Å². The molecule has 0 spiro atoms. The smallest absolute Gasteiger partial charge is 0.309 e. The van der Waals surface area contributed by atoms with Gasteiger partial charge in [-0.1, -0.05) is 0 Å². The van der Waals surface area contributed by atoms with Gasteiger partial charge in [-0.25, -0.2) is 4.39 Å². The third kappa shape index (κ3) is 3.18. The largest absolute Gasteiger partial charge is 0.488 e. The van der Waals surface area contributed by atoms with Crippen molar-refractivity contribution in [3.8, 4) is 5.75 Å². The highest BCUT2D eigenvalue weighted by molar-refractivity contribution is 5.72. The summed E-state index contributed by atoms with van der Waals surface area (Å²) in [5.74, 6) is 0.395. The van der Waals surface area contributed by atoms with Crippen molar-refractivity contribution in [2.75, 3.05) is 26.7 Å². The zero-order valence-electron chi connectivity index (χ0n) is 12.2. The van der Waals surface area contributed by atoms with Crippen molar-refractivity contribution in [1.82, 2.24) is 4.90 Å². The molecule has 2 aliphatic rings. The maximum absolute atomic E-state index is 13.2. The van der Waals surface area contributed by atoms with E-state index in [0.29, 0.717) is 0 Å². The quantitative estimate of drug-likeness (QED) is 0.799. The molecule has 1 aromatic rings. The van der Waals surface area contributed by atoms with Crippen molar-refractivity contribution in [3.63, 3.8) is 0 Å². The molecule has 1 aromatic carbocycles. The van der Waals surface area contributed by atoms with E-state index in [-0.39, 0.29) is 23.8 Å². The minimum absolute atomic E-state index is 0.0371. The van der Waals surface area contributed by atoms with Gasteiger partial charge >= 0.3 is 5.97 Å². The van der Waals surface area contributed by atoms with Crippen molar-refractivity contribution < 1.29 is 18.7 Å². The third-order valence-electron chi connectivity index (χ3n) is 4.27. The van der Waals surface area contributed by atoms with Crippen molar-refractivity contribution in [2.24, 2.45) is 5.92 Å². The molecule has 0 amide bonds. The lowest BCUT2D eigenvalue weighted by Gasteiger charge is -2.32. The van der Waals surface area contributed by atoms with Gasteiger partial charge in [-0.15, -0.1) is 0 Å². The molecule has 21 heavy (non-hydrogen) atoms. The number of carbonyl (C=O) groups is 1. The highest BCUT2D eigenvalue weighted by atomic mass is 19.1. The number of ether oxygens (including phenoxy) is 2. The number of esters is 1. The van der Waals surface area contributed by atoms with Crippen LogP contribution in [-0.4, -0.2) is 43.7 Å². The van der Waals surface area contributed by atoms with E-state index in [4.69, 9.17) is 9.47 Å². The van der Waals surface area contributed by atoms with Crippen LogP contribution in [0.1, 0.15) is 18.4 Å². The predicted octanol–water partition coefficient (Wildman–Crippen LogP) is 2.01. The van der Waals surface area contributed by atoms with Gasteiger partial charge in [-0.3, -0.25) is 9.69 Å². The van der Waals surface area contributed by atoms with Crippen LogP contribution in [0.3, 0.4) is 0 Å². The van der Waals surface area contributed by atoms with Crippen molar-refractivity contribution >= 4 is 5.97 Å². The minimum Gasteiger partial charge on any atom is -0.488 e. The summed E-state index contributed by atoms with van der Waals surface area (Å²) in [7, 11) is 1.44. The maximum atomic E-state index is 13.2. The van der Waals surface area contributed by atoms with Crippen LogP contribution in [0, 0.1) is 11.7 Å². The first-order chi connectivity index (χ1) is 10.2. The summed E-state index contributed by atoms with van der Waals surface area (Å²) in [5, 5.41) is 0. The number of hydrogen-bond donors (Lipinski definition) is 0. The zero-order chi connectivity index (χ0) is 14.8. The maximum Gasteiger partial charge on any atom is 0.309 e. The van der Waals surface area contributed by atoms with Crippen LogP contribution in [0.25, 0.3) is 0 Å². The van der Waals surface area contributed by atoms with Gasteiger partial charge in [0.25, 0.3) is 0 Å². The number of methoxy groups -OCH3 is 1. The first-order valence-corrected chi connectivity index (χ1v) is 7.41. The number of hydrogen-bond acceptors (Lipinski definition) is 4. The molecular formula is C16H20FNO3. The number of benzene rings is 1. The molecule has 2 aliphatic heterocycles. The average Bonchev–Trinajstić information content (AvgIpc) is 2.88. The minimum atomic E-state index is -0.221. The van der Waals surface area contributed by atoms with E-state index >= 15 is 0 Å². The molecular weight excluding hydrogens is 273 g/mol. The Balaban J connectivity index is 1.57. The highest BCUT2D eigenvalue weighted by Gasteiger charge is 2.30. The fourth-order valence-electron chi connectivity index (χ4n) is 3.26. The molecule has 2 heterocycles. The summed E-state index contributed by atoms with van der Waals surface area (Å²) in [6.07, 6.45) is 2.65. The number of carbonyl (C=O) groups excluding carboxylic acids is 1. The van der Waals surface area contributed by atoms with E-state index in [9.17, 15) is 9.18 Å². The van der Waals surface area contributed by atoms with Gasteiger partial charge in [0.1, 0.15) is 17.7 Å². The molecule has 5 heteroatoms. The summed E-state index contributed by atoms with van der Waals surface area (Å²) in [6.45, 7) is 2.46. The van der Waals surface area contributed by atoms with Crippen LogP contribution < -0.4 is 4.74 Å². The van der Waals surface area contributed by atoms with Crippen molar-refractivity contribution in [1.29, 1.82) is 0 Å². The second-order valence-corrected chi connectivity index (χ2v) is 5.82. The molecule has 4 nitrogen and oxygen atoms in total. The summed E-state index contributed by atoms with van der Waals surface area (Å²) < 4.78 is 23.9. The molecule has 0 saturated carbocycles. The van der Waals surface area contributed by atoms with Crippen molar-refractivity contribution in [3.05, 3.63) is 29.6 Å². The van der Waals surface area contributed by atoms with Crippen LogP contribution in [0.4, 0.5) is 4.39 Å². The van der Waals surface area contributed by atoms with Gasteiger partial charge in [-0.2, -0.15) is 0 Å². The van der Waals surface area contributed by atoms with Crippen LogP contribution in [0.2, 0.25) is 0 Å². The Bertz CT molecular complexity index is 534. The van der Waals surface area contributed by atoms with Gasteiger partial charge in [0.15, 0.2) is 0 Å². The average molecular weight is 293 g/mol. The van der Waals surface area contributed by atoms with Crippen LogP contribution in [-0.2, 0) is 16.0 Å². The molecule has 0 bridgehead atoms. The number of halogens is 1. The monoisotopic (exact) mass is 293 g/mol. The van der Waals surface area contributed by atoms with Crippen LogP contribution in [0.5, 0.6) is 5.75 Å². The van der Waals surface area contributed by atoms with Gasteiger partial charge in [0.05, 0.1) is 13.0 Å². The Morgan fingerprint density at radius 1 is 1.52 bits per heavy atom. The molecule has 0 aromatic heterocycles. The van der Waals surface area contributed by atoms with Crippen molar-refractivity contribution in [2.45, 2.75) is 25.4 Å². The second-order valence-electron chi connectivity index (χ2n) is 5.82. The fourth-order valence-corrected chi connectivity index (χ4v) is 3.26. The first-order valence-electron chi connectivity index (χ1n) is 7.41. The van der Waals surface area contributed by atoms with Crippen LogP contribution in [0.15, 0.2) is 18.2 Å². The van der Waals surface area contributed by atoms with E-state index < -0.39 is 0 Å². The van der Waals surface area contributed by atoms with E-state index in [2.05, 4.69) is 4.90 Å². The van der Waals surface area contributed by atoms with Gasteiger partial charge in [0.2, 0.25) is 0 Å². The SMILES string of the molecule is COC(=O)[C@H]1CCCN(CC2Cc3cc(F)ccc3O2)C1. The Morgan fingerprint density at radius 2 is 2.38 bits per heavy atom. The molecule has 114 valence electrons. The summed E-state index contributed by atoms with van der Waals surface area (Å²) in [6, 6.07) is 4.66. The lowest BCUT2D eigenvalue weighted by molar-refractivity contribution is -0.147. The topological polar surface area (TPSA) is 38.8 Å². The molecule has 0 radical (unpaired) electrons. The summed E-state index contributed by atoms with van der Waals surface area (Å²) in [4.78, 5) is 13.9. The van der Waals surface area contributed by atoms with E-state index in [1.165, 1.54) is 13.2 Å². The number of fused-ring (bicyclic) bond motifs is 1. The zero-order valence-corrected chi connectivity index (χ0v) is 12.2. The Hall–Kier alpha value is -1.62. The van der Waals surface area contributed by atoms with Crippen LogP contribution >= 0.6 is 0 Å². The summed E-state index contributed by atoms with van der Waals surface area (Å²) >= 11 is 0. The molecule has 0 aliphatic carbocycles. The predicted molar refractivity (Wildman–Crippen MR) is 75.7 cm³/mol. The molecule has 2 atom stereocenters. The van der Waals surface area contributed by atoms with E-state index in [1.54, 1.807) is 12.1 Å². The molecule has 1 saturated heterocycles. The molecule has 0 N–H and O–H groups in total. The standard InChI is InChI=1S/C16H20FNO3/c1-20-16(19)11-3-2-6-18(9-11)10-14-8-12-7-13(17)4-5-15(12)21-14/h4-5,7,11,14H,2-3,6,8-10H2,1H3/t11-,14?/m0/s1. The Kier molecular flexibility index (Phi) is 4.10. The number of rotatable bonds is 3.